The number of nitrogens with zero attached hydrogens (tertiary/aromatic N) is 2. The van der Waals surface area contributed by atoms with Gasteiger partial charge in [0.15, 0.2) is 5.78 Å². The number of halogens is 1. The molecule has 0 saturated heterocycles. The monoisotopic (exact) mass is 278 g/mol. The summed E-state index contributed by atoms with van der Waals surface area (Å²) in [5.74, 6) is -0.954. The molecule has 3 rings (SSSR count). The second-order valence-corrected chi connectivity index (χ2v) is 4.49. The van der Waals surface area contributed by atoms with Crippen molar-refractivity contribution < 1.29 is 9.18 Å². The van der Waals surface area contributed by atoms with Crippen LogP contribution in [-0.2, 0) is 0 Å². The van der Waals surface area contributed by atoms with Crippen molar-refractivity contribution in [3.63, 3.8) is 0 Å². The molecular weight excluding hydrogens is 267 g/mol. The number of carbonyl (C=O) groups is 1. The lowest BCUT2D eigenvalue weighted by Crippen LogP contribution is -1.96. The molecule has 0 unspecified atom stereocenters. The third-order valence-electron chi connectivity index (χ3n) is 3.04. The Hall–Kier alpha value is -2.88. The Morgan fingerprint density at radius 1 is 1.10 bits per heavy atom. The summed E-state index contributed by atoms with van der Waals surface area (Å²) in [6.07, 6.45) is 4.27. The summed E-state index contributed by atoms with van der Waals surface area (Å²) in [7, 11) is 0. The van der Waals surface area contributed by atoms with E-state index in [0.29, 0.717) is 5.69 Å². The first kappa shape index (κ1) is 13.1. The van der Waals surface area contributed by atoms with E-state index in [1.165, 1.54) is 18.3 Å². The summed E-state index contributed by atoms with van der Waals surface area (Å²) in [5.41, 5.74) is 1.80. The van der Waals surface area contributed by atoms with E-state index in [0.717, 1.165) is 17.0 Å². The zero-order valence-electron chi connectivity index (χ0n) is 11.0. The van der Waals surface area contributed by atoms with Crippen molar-refractivity contribution in [2.45, 2.75) is 0 Å². The fourth-order valence-electron chi connectivity index (χ4n) is 1.99. The first-order valence-electron chi connectivity index (χ1n) is 6.42. The molecule has 3 nitrogen and oxygen atoms in total. The van der Waals surface area contributed by atoms with Gasteiger partial charge in [-0.25, -0.2) is 9.97 Å². The Morgan fingerprint density at radius 2 is 1.95 bits per heavy atom. The van der Waals surface area contributed by atoms with E-state index in [2.05, 4.69) is 9.97 Å². The molecule has 0 bridgehead atoms. The molecule has 0 N–H and O–H groups in total. The SMILES string of the molecule is O=C(/C=C/c1ccc2ccccc2n1)c1ccnc(F)c1. The molecule has 0 atom stereocenters. The molecule has 102 valence electrons. The van der Waals surface area contributed by atoms with Gasteiger partial charge in [0.1, 0.15) is 0 Å². The molecular formula is C17H11FN2O. The summed E-state index contributed by atoms with van der Waals surface area (Å²) in [5, 5.41) is 1.04. The van der Waals surface area contributed by atoms with Crippen LogP contribution >= 0.6 is 0 Å². The zero-order chi connectivity index (χ0) is 14.7. The largest absolute Gasteiger partial charge is 0.289 e. The quantitative estimate of drug-likeness (QED) is 0.417. The average molecular weight is 278 g/mol. The molecule has 0 spiro atoms. The van der Waals surface area contributed by atoms with Crippen molar-refractivity contribution in [2.24, 2.45) is 0 Å². The number of benzene rings is 1. The highest BCUT2D eigenvalue weighted by atomic mass is 19.1. The fraction of sp³-hybridized carbons (Fsp3) is 0. The first-order valence-corrected chi connectivity index (χ1v) is 6.42. The van der Waals surface area contributed by atoms with E-state index >= 15 is 0 Å². The van der Waals surface area contributed by atoms with E-state index in [1.807, 2.05) is 36.4 Å². The minimum Gasteiger partial charge on any atom is -0.289 e. The number of fused-ring (bicyclic) bond motifs is 1. The Bertz CT molecular complexity index is 843. The van der Waals surface area contributed by atoms with Crippen LogP contribution in [0.25, 0.3) is 17.0 Å². The van der Waals surface area contributed by atoms with Crippen LogP contribution in [0.15, 0.2) is 60.8 Å². The second kappa shape index (κ2) is 5.63. The van der Waals surface area contributed by atoms with Crippen LogP contribution in [0.5, 0.6) is 0 Å². The third kappa shape index (κ3) is 3.00. The molecule has 0 radical (unpaired) electrons. The summed E-state index contributed by atoms with van der Waals surface area (Å²) in [4.78, 5) is 19.8. The number of allylic oxidation sites excluding steroid dienone is 1. The van der Waals surface area contributed by atoms with Crippen LogP contribution in [0, 0.1) is 5.95 Å². The number of hydrogen-bond acceptors (Lipinski definition) is 3. The van der Waals surface area contributed by atoms with Crippen LogP contribution < -0.4 is 0 Å². The van der Waals surface area contributed by atoms with Gasteiger partial charge in [0, 0.05) is 23.2 Å². The van der Waals surface area contributed by atoms with Crippen molar-refractivity contribution in [1.82, 2.24) is 9.97 Å². The standard InChI is InChI=1S/C17H11FN2O/c18-17-11-13(9-10-19-17)16(21)8-7-14-6-5-12-3-1-2-4-15(12)20-14/h1-11H/b8-7+. The fourth-order valence-corrected chi connectivity index (χ4v) is 1.99. The van der Waals surface area contributed by atoms with Crippen LogP contribution in [0.2, 0.25) is 0 Å². The predicted molar refractivity (Wildman–Crippen MR) is 79.3 cm³/mol. The normalized spacial score (nSPS) is 11.1. The number of aromatic nitrogens is 2. The molecule has 0 fully saturated rings. The number of para-hydroxylation sites is 1. The van der Waals surface area contributed by atoms with Crippen molar-refractivity contribution in [1.29, 1.82) is 0 Å². The van der Waals surface area contributed by atoms with Gasteiger partial charge in [-0.05, 0) is 30.4 Å². The molecule has 0 amide bonds. The van der Waals surface area contributed by atoms with Gasteiger partial charge in [-0.1, -0.05) is 24.3 Å². The molecule has 2 heterocycles. The third-order valence-corrected chi connectivity index (χ3v) is 3.04. The van der Waals surface area contributed by atoms with Gasteiger partial charge in [-0.2, -0.15) is 4.39 Å². The highest BCUT2D eigenvalue weighted by Gasteiger charge is 2.03. The molecule has 0 aliphatic heterocycles. The second-order valence-electron chi connectivity index (χ2n) is 4.49. The van der Waals surface area contributed by atoms with Crippen LogP contribution in [-0.4, -0.2) is 15.8 Å². The van der Waals surface area contributed by atoms with Gasteiger partial charge in [0.25, 0.3) is 0 Å². The Balaban J connectivity index is 1.85. The summed E-state index contributed by atoms with van der Waals surface area (Å²) < 4.78 is 13.0. The van der Waals surface area contributed by atoms with Crippen molar-refractivity contribution in [2.75, 3.05) is 0 Å². The van der Waals surface area contributed by atoms with Gasteiger partial charge in [0.05, 0.1) is 11.2 Å². The number of ketones is 1. The predicted octanol–water partition coefficient (Wildman–Crippen LogP) is 3.67. The summed E-state index contributed by atoms with van der Waals surface area (Å²) in [6, 6.07) is 14.1. The highest BCUT2D eigenvalue weighted by molar-refractivity contribution is 6.06. The molecule has 3 aromatic rings. The maximum atomic E-state index is 13.0. The molecule has 0 saturated carbocycles. The van der Waals surface area contributed by atoms with Crippen LogP contribution in [0.3, 0.4) is 0 Å². The number of pyridine rings is 2. The minimum atomic E-state index is -0.668. The van der Waals surface area contributed by atoms with Gasteiger partial charge in [0.2, 0.25) is 5.95 Å². The van der Waals surface area contributed by atoms with Gasteiger partial charge in [-0.15, -0.1) is 0 Å². The van der Waals surface area contributed by atoms with Crippen molar-refractivity contribution >= 4 is 22.8 Å². The smallest absolute Gasteiger partial charge is 0.213 e. The van der Waals surface area contributed by atoms with Gasteiger partial charge < -0.3 is 0 Å². The van der Waals surface area contributed by atoms with E-state index in [1.54, 1.807) is 6.08 Å². The van der Waals surface area contributed by atoms with E-state index < -0.39 is 5.95 Å². The van der Waals surface area contributed by atoms with Crippen LogP contribution in [0.1, 0.15) is 16.1 Å². The van der Waals surface area contributed by atoms with Gasteiger partial charge in [-0.3, -0.25) is 4.79 Å². The lowest BCUT2D eigenvalue weighted by Gasteiger charge is -1.98. The molecule has 4 heteroatoms. The molecule has 21 heavy (non-hydrogen) atoms. The van der Waals surface area contributed by atoms with Gasteiger partial charge >= 0.3 is 0 Å². The first-order chi connectivity index (χ1) is 10.2. The lowest BCUT2D eigenvalue weighted by atomic mass is 10.1. The Labute approximate surface area is 120 Å². The molecule has 0 aliphatic rings. The van der Waals surface area contributed by atoms with Crippen LogP contribution in [0.4, 0.5) is 4.39 Å². The molecule has 2 aromatic heterocycles. The van der Waals surface area contributed by atoms with E-state index in [4.69, 9.17) is 0 Å². The van der Waals surface area contributed by atoms with Crippen molar-refractivity contribution in [3.8, 4) is 0 Å². The number of hydrogen-bond donors (Lipinski definition) is 0. The minimum absolute atomic E-state index is 0.263. The molecule has 0 aliphatic carbocycles. The zero-order valence-corrected chi connectivity index (χ0v) is 11.0. The lowest BCUT2D eigenvalue weighted by molar-refractivity contribution is 0.104. The average Bonchev–Trinajstić information content (AvgIpc) is 2.52. The summed E-state index contributed by atoms with van der Waals surface area (Å²) in [6.45, 7) is 0. The Morgan fingerprint density at radius 3 is 2.81 bits per heavy atom. The maximum Gasteiger partial charge on any atom is 0.213 e. The highest BCUT2D eigenvalue weighted by Crippen LogP contribution is 2.13. The number of carbonyl (C=O) groups excluding carboxylic acids is 1. The topological polar surface area (TPSA) is 42.9 Å². The molecule has 1 aromatic carbocycles. The number of rotatable bonds is 3. The van der Waals surface area contributed by atoms with E-state index in [-0.39, 0.29) is 11.3 Å². The van der Waals surface area contributed by atoms with Crippen molar-refractivity contribution in [3.05, 3.63) is 78.0 Å². The summed E-state index contributed by atoms with van der Waals surface area (Å²) >= 11 is 0. The Kier molecular flexibility index (Phi) is 3.51. The van der Waals surface area contributed by atoms with E-state index in [9.17, 15) is 9.18 Å². The maximum absolute atomic E-state index is 13.0.